The summed E-state index contributed by atoms with van der Waals surface area (Å²) in [7, 11) is -2.49. The van der Waals surface area contributed by atoms with Gasteiger partial charge in [-0.1, -0.05) is 93.0 Å². The van der Waals surface area contributed by atoms with E-state index in [1.54, 1.807) is 0 Å². The molecule has 2 nitrogen and oxygen atoms in total. The Hall–Kier alpha value is -0.593. The maximum Gasteiger partial charge on any atom is 0.283 e. The second-order valence-corrected chi connectivity index (χ2v) is 14.1. The molecule has 0 radical (unpaired) electrons. The summed E-state index contributed by atoms with van der Waals surface area (Å²) in [5.74, 6) is 3.45. The maximum absolute atomic E-state index is 11.6. The first kappa shape index (κ1) is 24.4. The first-order valence-electron chi connectivity index (χ1n) is 10.2. The Labute approximate surface area is 158 Å². The number of carbonyl (C=O) groups is 1. The Kier molecular flexibility index (Phi) is 10.9. The van der Waals surface area contributed by atoms with Gasteiger partial charge < -0.3 is 9.22 Å². The zero-order chi connectivity index (χ0) is 19.6. The quantitative estimate of drug-likeness (QED) is 0.183. The van der Waals surface area contributed by atoms with Crippen LogP contribution in [-0.2, 0) is 9.22 Å². The summed E-state index contributed by atoms with van der Waals surface area (Å²) >= 11 is 0. The van der Waals surface area contributed by atoms with Crippen LogP contribution in [0.1, 0.15) is 107 Å². The number of carbonyl (C=O) groups excluding carboxylic acids is 1. The molecule has 146 valence electrons. The van der Waals surface area contributed by atoms with Gasteiger partial charge in [0.2, 0.25) is 0 Å². The second kappa shape index (κ2) is 11.2. The third-order valence-corrected chi connectivity index (χ3v) is 10.3. The molecule has 0 aromatic rings. The van der Waals surface area contributed by atoms with Crippen molar-refractivity contribution in [3.63, 3.8) is 0 Å². The van der Waals surface area contributed by atoms with E-state index in [-0.39, 0.29) is 16.2 Å². The van der Waals surface area contributed by atoms with E-state index in [1.807, 2.05) is 0 Å². The van der Waals surface area contributed by atoms with Gasteiger partial charge in [0.15, 0.2) is 0 Å². The minimum Gasteiger partial charge on any atom is -0.395 e. The molecule has 3 heteroatoms. The first-order chi connectivity index (χ1) is 11.6. The van der Waals surface area contributed by atoms with Crippen LogP contribution < -0.4 is 0 Å². The summed E-state index contributed by atoms with van der Waals surface area (Å²) in [4.78, 5) is 11.6. The molecule has 25 heavy (non-hydrogen) atoms. The number of hydrogen-bond acceptors (Lipinski definition) is 2. The van der Waals surface area contributed by atoms with Crippen molar-refractivity contribution in [1.29, 1.82) is 0 Å². The molecule has 0 aliphatic carbocycles. The van der Waals surface area contributed by atoms with E-state index < -0.39 is 8.32 Å². The van der Waals surface area contributed by atoms with Crippen LogP contribution in [0.25, 0.3) is 0 Å². The zero-order valence-corrected chi connectivity index (χ0v) is 19.1. The molecule has 0 saturated heterocycles. The summed E-state index contributed by atoms with van der Waals surface area (Å²) < 4.78 is 6.64. The van der Waals surface area contributed by atoms with Crippen LogP contribution in [0.3, 0.4) is 0 Å². The van der Waals surface area contributed by atoms with Crippen LogP contribution in [0.15, 0.2) is 0 Å². The van der Waals surface area contributed by atoms with Crippen molar-refractivity contribution in [2.75, 3.05) is 0 Å². The molecule has 0 saturated carbocycles. The number of hydrogen-bond donors (Lipinski definition) is 0. The van der Waals surface area contributed by atoms with Gasteiger partial charge in [-0.25, -0.2) is 0 Å². The fourth-order valence-electron chi connectivity index (χ4n) is 3.50. The Bertz CT molecular complexity index is 418. The molecule has 0 fully saturated rings. The third-order valence-electron chi connectivity index (χ3n) is 4.85. The Morgan fingerprint density at radius 1 is 0.920 bits per heavy atom. The van der Waals surface area contributed by atoms with E-state index in [9.17, 15) is 4.79 Å². The predicted molar refractivity (Wildman–Crippen MR) is 112 cm³/mol. The molecule has 0 bridgehead atoms. The molecule has 0 aromatic heterocycles. The molecule has 0 aliphatic rings. The Balaban J connectivity index is 5.54. The number of unbranched alkanes of at least 4 members (excludes halogenated alkanes) is 5. The predicted octanol–water partition coefficient (Wildman–Crippen LogP) is 6.82. The van der Waals surface area contributed by atoms with Crippen LogP contribution >= 0.6 is 0 Å². The Morgan fingerprint density at radius 2 is 1.48 bits per heavy atom. The van der Waals surface area contributed by atoms with Crippen LogP contribution in [0, 0.1) is 11.5 Å². The molecule has 0 aliphatic heterocycles. The van der Waals surface area contributed by atoms with Gasteiger partial charge in [0.1, 0.15) is 12.4 Å². The van der Waals surface area contributed by atoms with E-state index in [4.69, 9.17) is 4.43 Å². The van der Waals surface area contributed by atoms with Gasteiger partial charge in [-0.3, -0.25) is 0 Å². The van der Waals surface area contributed by atoms with E-state index in [0.717, 1.165) is 38.4 Å². The summed E-state index contributed by atoms with van der Waals surface area (Å²) in [6.07, 6.45) is 9.46. The van der Waals surface area contributed by atoms with Crippen molar-refractivity contribution in [1.82, 2.24) is 0 Å². The summed E-state index contributed by atoms with van der Waals surface area (Å²) in [6, 6.07) is 0. The lowest BCUT2D eigenvalue weighted by Crippen LogP contribution is -2.56. The van der Waals surface area contributed by atoms with Crippen LogP contribution in [0.2, 0.25) is 10.1 Å². The molecule has 0 aromatic carbocycles. The highest BCUT2D eigenvalue weighted by Gasteiger charge is 2.56. The van der Waals surface area contributed by atoms with Gasteiger partial charge in [-0.05, 0) is 22.9 Å². The highest BCUT2D eigenvalue weighted by molar-refractivity contribution is 6.86. The van der Waals surface area contributed by atoms with Crippen molar-refractivity contribution >= 4 is 14.6 Å². The van der Waals surface area contributed by atoms with E-state index >= 15 is 0 Å². The van der Waals surface area contributed by atoms with Crippen molar-refractivity contribution in [2.24, 2.45) is 0 Å². The molecule has 1 unspecified atom stereocenters. The maximum atomic E-state index is 11.6. The molecule has 0 spiro atoms. The smallest absolute Gasteiger partial charge is 0.283 e. The van der Waals surface area contributed by atoms with Crippen molar-refractivity contribution < 1.29 is 9.22 Å². The topological polar surface area (TPSA) is 26.3 Å². The normalized spacial score (nSPS) is 13.9. The average Bonchev–Trinajstić information content (AvgIpc) is 2.50. The third kappa shape index (κ3) is 7.67. The minimum atomic E-state index is -2.49. The standard InChI is InChI=1S/C22H42O2Si/c1-9-11-13-14-15-16-18-25(21(3,4)5,22(6,7)8)24-20(19-23)17-12-10-2/h19-20H,9-15,17H2,1-8H3. The molecular formula is C22H42O2Si. The van der Waals surface area contributed by atoms with Crippen LogP contribution in [0.4, 0.5) is 0 Å². The van der Waals surface area contributed by atoms with E-state index in [1.165, 1.54) is 19.3 Å². The van der Waals surface area contributed by atoms with Gasteiger partial charge in [0, 0.05) is 6.42 Å². The van der Waals surface area contributed by atoms with Crippen LogP contribution in [-0.4, -0.2) is 20.7 Å². The zero-order valence-electron chi connectivity index (χ0n) is 18.1. The SMILES string of the molecule is CCCCCCC#C[Si](OC(C=O)CCCC)(C(C)(C)C)C(C)(C)C. The van der Waals surface area contributed by atoms with Crippen LogP contribution in [0.5, 0.6) is 0 Å². The van der Waals surface area contributed by atoms with E-state index in [2.05, 4.69) is 66.9 Å². The lowest BCUT2D eigenvalue weighted by Gasteiger charge is -2.48. The molecule has 1 atom stereocenters. The fraction of sp³-hybridized carbons (Fsp3) is 0.864. The summed E-state index contributed by atoms with van der Waals surface area (Å²) in [5.41, 5.74) is 3.64. The summed E-state index contributed by atoms with van der Waals surface area (Å²) in [6.45, 7) is 17.8. The number of aldehydes is 1. The lowest BCUT2D eigenvalue weighted by atomic mass is 10.2. The monoisotopic (exact) mass is 366 g/mol. The number of rotatable bonds is 10. The lowest BCUT2D eigenvalue weighted by molar-refractivity contribution is -0.114. The summed E-state index contributed by atoms with van der Waals surface area (Å²) in [5, 5.41) is -0.0930. The van der Waals surface area contributed by atoms with Gasteiger partial charge in [0.05, 0.1) is 0 Å². The van der Waals surface area contributed by atoms with Crippen molar-refractivity contribution in [3.8, 4) is 11.5 Å². The largest absolute Gasteiger partial charge is 0.395 e. The second-order valence-electron chi connectivity index (χ2n) is 9.23. The van der Waals surface area contributed by atoms with Gasteiger partial charge in [0.25, 0.3) is 8.32 Å². The van der Waals surface area contributed by atoms with Gasteiger partial charge >= 0.3 is 0 Å². The van der Waals surface area contributed by atoms with Crippen molar-refractivity contribution in [2.45, 2.75) is 123 Å². The minimum absolute atomic E-state index is 0.0465. The highest BCUT2D eigenvalue weighted by atomic mass is 28.4. The molecule has 0 amide bonds. The molecule has 0 heterocycles. The first-order valence-corrected chi connectivity index (χ1v) is 12.1. The molecule has 0 N–H and O–H groups in total. The fourth-order valence-corrected chi connectivity index (χ4v) is 8.26. The molecule has 0 rings (SSSR count). The van der Waals surface area contributed by atoms with Gasteiger partial charge in [-0.2, -0.15) is 0 Å². The average molecular weight is 367 g/mol. The van der Waals surface area contributed by atoms with E-state index in [0.29, 0.717) is 0 Å². The highest BCUT2D eigenvalue weighted by Crippen LogP contribution is 2.51. The van der Waals surface area contributed by atoms with Crippen molar-refractivity contribution in [3.05, 3.63) is 0 Å². The molecular weight excluding hydrogens is 324 g/mol. The Morgan fingerprint density at radius 3 is 1.92 bits per heavy atom. The van der Waals surface area contributed by atoms with Gasteiger partial charge in [-0.15, -0.1) is 5.92 Å².